The van der Waals surface area contributed by atoms with Crippen molar-refractivity contribution in [3.8, 4) is 5.75 Å². The maximum atomic E-state index is 16.1. The van der Waals surface area contributed by atoms with Crippen LogP contribution < -0.4 is 4.18 Å². The Morgan fingerprint density at radius 1 is 0.918 bits per heavy atom. The zero-order valence-electron chi connectivity index (χ0n) is 24.3. The van der Waals surface area contributed by atoms with Gasteiger partial charge in [-0.15, -0.1) is 0 Å². The molecule has 2 aliphatic rings. The summed E-state index contributed by atoms with van der Waals surface area (Å²) in [5.41, 5.74) is -10.6. The summed E-state index contributed by atoms with van der Waals surface area (Å²) in [6, 6.07) is 2.36. The molecular weight excluding hydrogens is 723 g/mol. The first-order valence-corrected chi connectivity index (χ1v) is 16.7. The molecule has 3 N–H and O–H groups in total. The normalized spacial score (nSPS) is 16.3. The lowest BCUT2D eigenvalue weighted by Crippen LogP contribution is -2.39. The predicted octanol–water partition coefficient (Wildman–Crippen LogP) is 4.36. The van der Waals surface area contributed by atoms with Crippen LogP contribution in [0.15, 0.2) is 57.4 Å². The predicted molar refractivity (Wildman–Crippen MR) is 153 cm³/mol. The fourth-order valence-corrected chi connectivity index (χ4v) is 8.26. The average molecular weight is 742 g/mol. The highest BCUT2D eigenvalue weighted by Crippen LogP contribution is 2.69. The molecule has 2 aromatic rings. The largest absolute Gasteiger partial charge is 0.534 e. The van der Waals surface area contributed by atoms with Crippen molar-refractivity contribution in [3.63, 3.8) is 0 Å². The summed E-state index contributed by atoms with van der Waals surface area (Å²) in [6.45, 7) is -2.32. The third kappa shape index (κ3) is 6.37. The molecule has 2 aromatic carbocycles. The van der Waals surface area contributed by atoms with Crippen molar-refractivity contribution in [2.75, 3.05) is 25.6 Å². The van der Waals surface area contributed by atoms with Gasteiger partial charge in [0.25, 0.3) is 11.7 Å². The Morgan fingerprint density at radius 2 is 1.49 bits per heavy atom. The van der Waals surface area contributed by atoms with Crippen LogP contribution in [0, 0.1) is 11.6 Å². The number of aromatic carboxylic acids is 1. The van der Waals surface area contributed by atoms with Crippen LogP contribution in [-0.2, 0) is 24.5 Å². The van der Waals surface area contributed by atoms with Gasteiger partial charge < -0.3 is 24.4 Å². The number of halogens is 7. The number of alkyl halides is 3. The Labute approximate surface area is 270 Å². The Kier molecular flexibility index (Phi) is 9.25. The van der Waals surface area contributed by atoms with E-state index in [0.29, 0.717) is 17.0 Å². The number of amides is 1. The zero-order valence-corrected chi connectivity index (χ0v) is 26.0. The Balaban J connectivity index is 2.11. The number of benzene rings is 2. The summed E-state index contributed by atoms with van der Waals surface area (Å²) in [5, 5.41) is 28.2. The number of fused-ring (bicyclic) bond motifs is 2. The quantitative estimate of drug-likeness (QED) is 0.188. The number of carbonyl (C=O) groups excluding carboxylic acids is 2. The Hall–Kier alpha value is -5.18. The minimum atomic E-state index is -6.70. The molecule has 21 heteroatoms. The van der Waals surface area contributed by atoms with Crippen molar-refractivity contribution in [2.24, 2.45) is 0 Å². The molecular formula is C28H18F7NO11S2. The standard InChI is InChI=1S/C28H18F7NO11S2/c1-48(2)24-13(6-15(29)22(41)20(24)31)19(14-7-16(30)23(21(32)25(14)48)47-49(45,46)28(33,34)35)11-4-3-10(5-12(11)27(43)44)26(42)36(8-17(37)38)9-18(39)40/h3-7H,8-9H2,1-2H3,(H,37,38)(H,39,40)(H,43,44). The summed E-state index contributed by atoms with van der Waals surface area (Å²) in [4.78, 5) is 58.8. The van der Waals surface area contributed by atoms with E-state index in [-0.39, 0.29) is 6.07 Å². The van der Waals surface area contributed by atoms with Crippen LogP contribution in [0.1, 0.15) is 31.8 Å². The van der Waals surface area contributed by atoms with Crippen molar-refractivity contribution in [2.45, 2.75) is 10.4 Å². The van der Waals surface area contributed by atoms with Gasteiger partial charge >= 0.3 is 33.5 Å². The lowest BCUT2D eigenvalue weighted by Gasteiger charge is -2.43. The summed E-state index contributed by atoms with van der Waals surface area (Å²) in [7, 11) is -10.1. The molecule has 0 unspecified atom stereocenters. The van der Waals surface area contributed by atoms with E-state index in [9.17, 15) is 55.1 Å². The molecule has 1 aliphatic carbocycles. The molecule has 262 valence electrons. The molecule has 12 nitrogen and oxygen atoms in total. The lowest BCUT2D eigenvalue weighted by molar-refractivity contribution is -0.140. The van der Waals surface area contributed by atoms with E-state index in [0.717, 1.165) is 24.6 Å². The molecule has 0 bridgehead atoms. The molecule has 1 aliphatic heterocycles. The summed E-state index contributed by atoms with van der Waals surface area (Å²) < 4.78 is 128. The van der Waals surface area contributed by atoms with Gasteiger partial charge in [0.15, 0.2) is 23.3 Å². The number of carboxylic acids is 3. The summed E-state index contributed by atoms with van der Waals surface area (Å²) >= 11 is 0. The maximum absolute atomic E-state index is 16.1. The van der Waals surface area contributed by atoms with Crippen molar-refractivity contribution >= 4 is 55.3 Å². The highest BCUT2D eigenvalue weighted by molar-refractivity contribution is 8.36. The topological polar surface area (TPSA) is 193 Å². The Morgan fingerprint density at radius 3 is 2.00 bits per heavy atom. The molecule has 0 atom stereocenters. The van der Waals surface area contributed by atoms with E-state index in [1.54, 1.807) is 0 Å². The van der Waals surface area contributed by atoms with Gasteiger partial charge in [0.05, 0.1) is 5.56 Å². The number of hydrogen-bond donors (Lipinski definition) is 3. The number of carbonyl (C=O) groups is 5. The molecule has 1 heterocycles. The molecule has 0 aromatic heterocycles. The van der Waals surface area contributed by atoms with Gasteiger partial charge in [-0.25, -0.2) is 22.4 Å². The van der Waals surface area contributed by atoms with Gasteiger partial charge in [0.1, 0.15) is 13.1 Å². The summed E-state index contributed by atoms with van der Waals surface area (Å²) in [6.07, 6.45) is 2.47. The fraction of sp³-hybridized carbons (Fsp3) is 0.179. The van der Waals surface area contributed by atoms with E-state index in [2.05, 4.69) is 4.18 Å². The fourth-order valence-electron chi connectivity index (χ4n) is 5.09. The number of Topliss-reactive ketones (excluding diaryl/α,β-unsaturated/α-hetero) is 1. The van der Waals surface area contributed by atoms with E-state index in [1.165, 1.54) is 0 Å². The number of carboxylic acid groups (broad SMARTS) is 3. The Bertz CT molecular complexity index is 2090. The van der Waals surface area contributed by atoms with E-state index < -0.39 is 141 Å². The van der Waals surface area contributed by atoms with E-state index in [4.69, 9.17) is 10.2 Å². The third-order valence-electron chi connectivity index (χ3n) is 7.00. The van der Waals surface area contributed by atoms with Gasteiger partial charge in [-0.3, -0.25) is 19.2 Å². The highest BCUT2D eigenvalue weighted by atomic mass is 32.3. The van der Waals surface area contributed by atoms with Crippen LogP contribution in [0.4, 0.5) is 30.7 Å². The van der Waals surface area contributed by atoms with Crippen molar-refractivity contribution in [3.05, 3.63) is 86.4 Å². The van der Waals surface area contributed by atoms with Gasteiger partial charge in [0, 0.05) is 26.5 Å². The van der Waals surface area contributed by atoms with E-state index >= 15 is 13.2 Å². The maximum Gasteiger partial charge on any atom is 0.534 e. The van der Waals surface area contributed by atoms with Crippen LogP contribution in [0.5, 0.6) is 5.75 Å². The van der Waals surface area contributed by atoms with Gasteiger partial charge in [-0.2, -0.15) is 31.6 Å². The highest BCUT2D eigenvalue weighted by Gasteiger charge is 2.51. The lowest BCUT2D eigenvalue weighted by atomic mass is 9.86. The molecule has 0 spiro atoms. The number of ketones is 1. The molecule has 1 amide bonds. The van der Waals surface area contributed by atoms with Gasteiger partial charge in [-0.1, -0.05) is 6.07 Å². The van der Waals surface area contributed by atoms with Crippen LogP contribution in [0.25, 0.3) is 5.57 Å². The molecule has 0 saturated heterocycles. The van der Waals surface area contributed by atoms with E-state index in [1.807, 2.05) is 0 Å². The SMILES string of the molecule is CS1(C)C2=C(F)C(=O)C(F)=CC2=C(c2ccc(C(=O)N(CC(=O)O)CC(=O)O)cc2C(=O)O)c2cc(F)c(OS(=O)(=O)C(F)(F)F)c(F)c21. The molecule has 49 heavy (non-hydrogen) atoms. The molecule has 4 rings (SSSR count). The first-order chi connectivity index (χ1) is 22.4. The van der Waals surface area contributed by atoms with Crippen LogP contribution in [0.3, 0.4) is 0 Å². The van der Waals surface area contributed by atoms with Crippen LogP contribution in [-0.4, -0.2) is 89.3 Å². The first-order valence-electron chi connectivity index (χ1n) is 12.9. The molecule has 0 saturated carbocycles. The first kappa shape index (κ1) is 36.7. The smallest absolute Gasteiger partial charge is 0.480 e. The zero-order chi connectivity index (χ0) is 37.1. The minimum absolute atomic E-state index is 0.222. The second kappa shape index (κ2) is 12.4. The van der Waals surface area contributed by atoms with Crippen molar-refractivity contribution in [1.82, 2.24) is 4.90 Å². The summed E-state index contributed by atoms with van der Waals surface area (Å²) in [5.74, 6) is -18.4. The number of allylic oxidation sites excluding steroid dienone is 4. The monoisotopic (exact) mass is 741 g/mol. The minimum Gasteiger partial charge on any atom is -0.480 e. The van der Waals surface area contributed by atoms with Crippen molar-refractivity contribution < 1.29 is 82.6 Å². The number of nitrogens with zero attached hydrogens (tertiary/aromatic N) is 1. The average Bonchev–Trinajstić information content (AvgIpc) is 2.95. The third-order valence-corrected chi connectivity index (χ3v) is 10.8. The second-order valence-corrected chi connectivity index (χ2v) is 15.5. The second-order valence-electron chi connectivity index (χ2n) is 10.5. The van der Waals surface area contributed by atoms with Crippen molar-refractivity contribution in [1.29, 1.82) is 0 Å². The van der Waals surface area contributed by atoms with Crippen LogP contribution in [0.2, 0.25) is 0 Å². The van der Waals surface area contributed by atoms with Crippen LogP contribution >= 0.6 is 10.0 Å². The molecule has 0 fully saturated rings. The van der Waals surface area contributed by atoms with Gasteiger partial charge in [0.2, 0.25) is 5.75 Å². The molecule has 0 radical (unpaired) electrons. The van der Waals surface area contributed by atoms with Gasteiger partial charge in [-0.05, 0) is 47.9 Å². The number of aliphatic carboxylic acids is 2. The number of rotatable bonds is 9. The number of hydrogen-bond acceptors (Lipinski definition) is 8.